The third-order valence-corrected chi connectivity index (χ3v) is 2.03. The number of rotatable bonds is 7. The first-order valence-electron chi connectivity index (χ1n) is 5.12. The zero-order valence-electron chi connectivity index (χ0n) is 10.0. The zero-order valence-corrected chi connectivity index (χ0v) is 10.0. The average molecular weight is 218 g/mol. The molecule has 0 aromatic carbocycles. The molecule has 0 rings (SSSR count). The quantitative estimate of drug-likeness (QED) is 0.645. The molecule has 0 saturated carbocycles. The van der Waals surface area contributed by atoms with Crippen molar-refractivity contribution in [2.75, 3.05) is 33.9 Å². The van der Waals surface area contributed by atoms with Crippen LogP contribution in [-0.4, -0.2) is 56.9 Å². The van der Waals surface area contributed by atoms with Crippen LogP contribution in [0.15, 0.2) is 0 Å². The van der Waals surface area contributed by atoms with Crippen LogP contribution >= 0.6 is 0 Å². The summed E-state index contributed by atoms with van der Waals surface area (Å²) in [5.74, 6) is -0.104. The van der Waals surface area contributed by atoms with Gasteiger partial charge in [-0.3, -0.25) is 4.79 Å². The predicted molar refractivity (Wildman–Crippen MR) is 58.6 cm³/mol. The molecule has 0 spiro atoms. The van der Waals surface area contributed by atoms with Crippen LogP contribution in [0.3, 0.4) is 0 Å². The third-order valence-electron chi connectivity index (χ3n) is 2.03. The van der Waals surface area contributed by atoms with Crippen LogP contribution in [0.25, 0.3) is 0 Å². The van der Waals surface area contributed by atoms with Gasteiger partial charge in [-0.25, -0.2) is 0 Å². The van der Waals surface area contributed by atoms with E-state index in [1.807, 2.05) is 13.8 Å². The van der Waals surface area contributed by atoms with Gasteiger partial charge in [0.15, 0.2) is 0 Å². The number of ether oxygens (including phenoxy) is 2. The molecule has 0 fully saturated rings. The van der Waals surface area contributed by atoms with Gasteiger partial charge in [0.1, 0.15) is 6.10 Å². The van der Waals surface area contributed by atoms with E-state index in [1.54, 1.807) is 11.9 Å². The highest BCUT2D eigenvalue weighted by atomic mass is 16.5. The highest BCUT2D eigenvalue weighted by Gasteiger charge is 2.19. The van der Waals surface area contributed by atoms with Crippen LogP contribution in [0.2, 0.25) is 0 Å². The Bertz CT molecular complexity index is 182. The Balaban J connectivity index is 3.87. The molecule has 0 aromatic rings. The van der Waals surface area contributed by atoms with Crippen molar-refractivity contribution in [1.82, 2.24) is 4.90 Å². The molecule has 0 heterocycles. The monoisotopic (exact) mass is 218 g/mol. The molecule has 90 valence electrons. The Kier molecular flexibility index (Phi) is 7.29. The molecule has 1 unspecified atom stereocenters. The Morgan fingerprint density at radius 3 is 2.47 bits per heavy atom. The normalized spacial score (nSPS) is 12.9. The number of nitrogens with zero attached hydrogens (tertiary/aromatic N) is 1. The van der Waals surface area contributed by atoms with E-state index < -0.39 is 6.10 Å². The second kappa shape index (κ2) is 7.62. The lowest BCUT2D eigenvalue weighted by Gasteiger charge is -2.22. The Morgan fingerprint density at radius 1 is 1.47 bits per heavy atom. The molecule has 5 heteroatoms. The summed E-state index contributed by atoms with van der Waals surface area (Å²) in [4.78, 5) is 13.2. The summed E-state index contributed by atoms with van der Waals surface area (Å²) in [5, 5.41) is 0. The molecule has 0 bridgehead atoms. The summed E-state index contributed by atoms with van der Waals surface area (Å²) in [6, 6.07) is 0. The first kappa shape index (κ1) is 14.3. The molecular formula is C10H22N2O3. The summed E-state index contributed by atoms with van der Waals surface area (Å²) in [5.41, 5.74) is 5.40. The smallest absolute Gasteiger partial charge is 0.252 e. The fourth-order valence-electron chi connectivity index (χ4n) is 1.08. The van der Waals surface area contributed by atoms with Crippen molar-refractivity contribution in [2.24, 2.45) is 5.73 Å². The van der Waals surface area contributed by atoms with Gasteiger partial charge in [0.05, 0.1) is 12.7 Å². The van der Waals surface area contributed by atoms with Gasteiger partial charge in [0.25, 0.3) is 5.91 Å². The molecule has 0 saturated heterocycles. The SMILES string of the molecule is COC(CN)C(=O)N(C)CCOC(C)C. The van der Waals surface area contributed by atoms with Crippen molar-refractivity contribution in [3.05, 3.63) is 0 Å². The maximum atomic E-state index is 11.6. The summed E-state index contributed by atoms with van der Waals surface area (Å²) < 4.78 is 10.3. The topological polar surface area (TPSA) is 64.8 Å². The van der Waals surface area contributed by atoms with Crippen LogP contribution in [0.5, 0.6) is 0 Å². The zero-order chi connectivity index (χ0) is 11.8. The summed E-state index contributed by atoms with van der Waals surface area (Å²) in [6.45, 7) is 5.20. The second-order valence-electron chi connectivity index (χ2n) is 3.64. The Hall–Kier alpha value is -0.650. The summed E-state index contributed by atoms with van der Waals surface area (Å²) in [6.07, 6.45) is -0.365. The average Bonchev–Trinajstić information content (AvgIpc) is 2.18. The van der Waals surface area contributed by atoms with Gasteiger partial charge in [0.2, 0.25) is 0 Å². The van der Waals surface area contributed by atoms with Crippen molar-refractivity contribution in [1.29, 1.82) is 0 Å². The Morgan fingerprint density at radius 2 is 2.07 bits per heavy atom. The van der Waals surface area contributed by atoms with E-state index in [1.165, 1.54) is 7.11 Å². The lowest BCUT2D eigenvalue weighted by atomic mass is 10.3. The summed E-state index contributed by atoms with van der Waals surface area (Å²) >= 11 is 0. The van der Waals surface area contributed by atoms with Gasteiger partial charge >= 0.3 is 0 Å². The van der Waals surface area contributed by atoms with Crippen molar-refractivity contribution >= 4 is 5.91 Å². The first-order valence-corrected chi connectivity index (χ1v) is 5.12. The van der Waals surface area contributed by atoms with Crippen molar-refractivity contribution in [3.8, 4) is 0 Å². The van der Waals surface area contributed by atoms with Gasteiger partial charge in [-0.1, -0.05) is 0 Å². The molecule has 0 aromatic heterocycles. The van der Waals surface area contributed by atoms with Crippen LogP contribution in [0.1, 0.15) is 13.8 Å². The predicted octanol–water partition coefficient (Wildman–Crippen LogP) is -0.156. The Labute approximate surface area is 91.5 Å². The maximum Gasteiger partial charge on any atom is 0.252 e. The maximum absolute atomic E-state index is 11.6. The number of carbonyl (C=O) groups excluding carboxylic acids is 1. The minimum Gasteiger partial charge on any atom is -0.377 e. The molecule has 5 nitrogen and oxygen atoms in total. The molecular weight excluding hydrogens is 196 g/mol. The van der Waals surface area contributed by atoms with Crippen molar-refractivity contribution < 1.29 is 14.3 Å². The van der Waals surface area contributed by atoms with E-state index in [4.69, 9.17) is 15.2 Å². The molecule has 0 radical (unpaired) electrons. The number of nitrogens with two attached hydrogens (primary N) is 1. The molecule has 1 atom stereocenters. The molecule has 1 amide bonds. The fourth-order valence-corrected chi connectivity index (χ4v) is 1.08. The third kappa shape index (κ3) is 5.71. The minimum absolute atomic E-state index is 0.104. The number of carbonyl (C=O) groups is 1. The van der Waals surface area contributed by atoms with Crippen LogP contribution < -0.4 is 5.73 Å². The number of methoxy groups -OCH3 is 1. The van der Waals surface area contributed by atoms with E-state index in [0.717, 1.165) is 0 Å². The van der Waals surface area contributed by atoms with E-state index >= 15 is 0 Å². The van der Waals surface area contributed by atoms with Gasteiger partial charge in [0, 0.05) is 27.2 Å². The van der Waals surface area contributed by atoms with E-state index in [0.29, 0.717) is 13.2 Å². The standard InChI is InChI=1S/C10H22N2O3/c1-8(2)15-6-5-12(3)10(13)9(7-11)14-4/h8-9H,5-7,11H2,1-4H3. The second-order valence-corrected chi connectivity index (χ2v) is 3.64. The van der Waals surface area contributed by atoms with Crippen LogP contribution in [0.4, 0.5) is 0 Å². The highest BCUT2D eigenvalue weighted by Crippen LogP contribution is 1.96. The largest absolute Gasteiger partial charge is 0.377 e. The van der Waals surface area contributed by atoms with Gasteiger partial charge in [-0.2, -0.15) is 0 Å². The molecule has 0 aliphatic carbocycles. The van der Waals surface area contributed by atoms with Gasteiger partial charge < -0.3 is 20.1 Å². The molecule has 0 aliphatic heterocycles. The number of amides is 1. The molecule has 15 heavy (non-hydrogen) atoms. The number of hydrogen-bond donors (Lipinski definition) is 1. The van der Waals surface area contributed by atoms with Crippen molar-refractivity contribution in [2.45, 2.75) is 26.1 Å². The first-order chi connectivity index (χ1) is 7.02. The summed E-state index contributed by atoms with van der Waals surface area (Å²) in [7, 11) is 3.20. The molecule has 0 aliphatic rings. The van der Waals surface area contributed by atoms with Crippen LogP contribution in [-0.2, 0) is 14.3 Å². The lowest BCUT2D eigenvalue weighted by Crippen LogP contribution is -2.43. The van der Waals surface area contributed by atoms with Crippen LogP contribution in [0, 0.1) is 0 Å². The minimum atomic E-state index is -0.547. The van der Waals surface area contributed by atoms with E-state index in [9.17, 15) is 4.79 Å². The highest BCUT2D eigenvalue weighted by molar-refractivity contribution is 5.80. The van der Waals surface area contributed by atoms with Gasteiger partial charge in [-0.05, 0) is 13.8 Å². The molecule has 2 N–H and O–H groups in total. The van der Waals surface area contributed by atoms with E-state index in [2.05, 4.69) is 0 Å². The van der Waals surface area contributed by atoms with Gasteiger partial charge in [-0.15, -0.1) is 0 Å². The number of hydrogen-bond acceptors (Lipinski definition) is 4. The van der Waals surface area contributed by atoms with E-state index in [-0.39, 0.29) is 18.6 Å². The lowest BCUT2D eigenvalue weighted by molar-refractivity contribution is -0.140. The fraction of sp³-hybridized carbons (Fsp3) is 0.900. The number of likely N-dealkylation sites (N-methyl/N-ethyl adjacent to an activating group) is 1. The van der Waals surface area contributed by atoms with Crippen molar-refractivity contribution in [3.63, 3.8) is 0 Å².